The van der Waals surface area contributed by atoms with E-state index in [1.165, 1.54) is 27.5 Å². The Labute approximate surface area is 116 Å². The summed E-state index contributed by atoms with van der Waals surface area (Å²) in [6.07, 6.45) is 4.75. The van der Waals surface area contributed by atoms with Gasteiger partial charge in [0.1, 0.15) is 0 Å². The molecule has 0 amide bonds. The van der Waals surface area contributed by atoms with Crippen molar-refractivity contribution in [3.05, 3.63) is 53.1 Å². The van der Waals surface area contributed by atoms with Crippen LogP contribution in [-0.2, 0) is 0 Å². The summed E-state index contributed by atoms with van der Waals surface area (Å²) < 4.78 is 0. The zero-order valence-corrected chi connectivity index (χ0v) is 12.3. The summed E-state index contributed by atoms with van der Waals surface area (Å²) in [4.78, 5) is 0. The molecule has 2 aromatic rings. The van der Waals surface area contributed by atoms with Gasteiger partial charge in [-0.15, -0.1) is 0 Å². The van der Waals surface area contributed by atoms with E-state index in [0.717, 1.165) is 0 Å². The molecule has 0 saturated carbocycles. The summed E-state index contributed by atoms with van der Waals surface area (Å²) in [6.45, 7) is 9.18. The molecule has 0 heterocycles. The van der Waals surface area contributed by atoms with Gasteiger partial charge in [0.15, 0.2) is 0 Å². The van der Waals surface area contributed by atoms with E-state index in [9.17, 15) is 0 Å². The monoisotopic (exact) mass is 250 g/mol. The van der Waals surface area contributed by atoms with E-state index in [1.54, 1.807) is 0 Å². The third kappa shape index (κ3) is 1.90. The van der Waals surface area contributed by atoms with Gasteiger partial charge in [0.25, 0.3) is 0 Å². The Bertz CT molecular complexity index is 644. The van der Waals surface area contributed by atoms with Crippen LogP contribution in [0.2, 0.25) is 0 Å². The van der Waals surface area contributed by atoms with Gasteiger partial charge < -0.3 is 0 Å². The number of allylic oxidation sites excluding steroid dienone is 1. The molecule has 1 unspecified atom stereocenters. The molecule has 1 aliphatic rings. The smallest absolute Gasteiger partial charge is 0.00507 e. The maximum Gasteiger partial charge on any atom is 0.00507 e. The first kappa shape index (κ1) is 12.5. The molecule has 2 aromatic carbocycles. The molecule has 0 spiro atoms. The summed E-state index contributed by atoms with van der Waals surface area (Å²) in [7, 11) is 0. The number of rotatable bonds is 2. The molecule has 0 aliphatic heterocycles. The van der Waals surface area contributed by atoms with Crippen molar-refractivity contribution in [2.45, 2.75) is 39.5 Å². The van der Waals surface area contributed by atoms with Crippen LogP contribution in [-0.4, -0.2) is 0 Å². The lowest BCUT2D eigenvalue weighted by molar-refractivity contribution is 0.581. The fourth-order valence-corrected chi connectivity index (χ4v) is 3.30. The van der Waals surface area contributed by atoms with Crippen molar-refractivity contribution in [1.82, 2.24) is 0 Å². The quantitative estimate of drug-likeness (QED) is 0.638. The molecule has 19 heavy (non-hydrogen) atoms. The van der Waals surface area contributed by atoms with Gasteiger partial charge in [-0.1, -0.05) is 70.2 Å². The maximum absolute atomic E-state index is 2.40. The molecule has 0 saturated heterocycles. The second-order valence-electron chi connectivity index (χ2n) is 6.30. The van der Waals surface area contributed by atoms with E-state index in [-0.39, 0.29) is 0 Å². The Morgan fingerprint density at radius 3 is 2.42 bits per heavy atom. The van der Waals surface area contributed by atoms with Crippen LogP contribution in [0.3, 0.4) is 0 Å². The molecular weight excluding hydrogens is 228 g/mol. The molecule has 0 nitrogen and oxygen atoms in total. The molecule has 0 bridgehead atoms. The van der Waals surface area contributed by atoms with Crippen LogP contribution in [0, 0.1) is 5.92 Å². The first-order valence-corrected chi connectivity index (χ1v) is 7.33. The topological polar surface area (TPSA) is 0 Å². The summed E-state index contributed by atoms with van der Waals surface area (Å²) in [5.41, 5.74) is 4.42. The van der Waals surface area contributed by atoms with Crippen molar-refractivity contribution < 1.29 is 0 Å². The lowest BCUT2D eigenvalue weighted by Gasteiger charge is -2.26. The Kier molecular flexibility index (Phi) is 2.97. The van der Waals surface area contributed by atoms with Crippen LogP contribution < -0.4 is 0 Å². The predicted octanol–water partition coefficient (Wildman–Crippen LogP) is 5.73. The van der Waals surface area contributed by atoms with Gasteiger partial charge in [0, 0.05) is 5.92 Å². The predicted molar refractivity (Wildman–Crippen MR) is 84.7 cm³/mol. The van der Waals surface area contributed by atoms with E-state index in [2.05, 4.69) is 70.2 Å². The first-order chi connectivity index (χ1) is 9.09. The molecule has 0 heteroatoms. The fourth-order valence-electron chi connectivity index (χ4n) is 3.30. The van der Waals surface area contributed by atoms with Gasteiger partial charge in [0.05, 0.1) is 0 Å². The number of hydrogen-bond acceptors (Lipinski definition) is 0. The third-order valence-electron chi connectivity index (χ3n) is 4.32. The third-order valence-corrected chi connectivity index (χ3v) is 4.32. The highest BCUT2D eigenvalue weighted by Gasteiger charge is 2.22. The first-order valence-electron chi connectivity index (χ1n) is 7.33. The van der Waals surface area contributed by atoms with Crippen LogP contribution in [0.5, 0.6) is 0 Å². The fraction of sp³-hybridized carbons (Fsp3) is 0.368. The second kappa shape index (κ2) is 4.52. The standard InChI is InChI=1S/C19H22/c1-12(2)15-9-8-14-6-5-7-17-16(13(3)4)10-11-18(15)19(14)17/h5-13,16H,1-4H3. The van der Waals surface area contributed by atoms with Crippen LogP contribution in [0.1, 0.15) is 56.2 Å². The molecule has 0 fully saturated rings. The summed E-state index contributed by atoms with van der Waals surface area (Å²) in [6, 6.07) is 11.3. The minimum absolute atomic E-state index is 0.554. The van der Waals surface area contributed by atoms with Gasteiger partial charge in [-0.05, 0) is 39.3 Å². The minimum atomic E-state index is 0.554. The Morgan fingerprint density at radius 1 is 0.947 bits per heavy atom. The zero-order valence-electron chi connectivity index (χ0n) is 12.3. The van der Waals surface area contributed by atoms with Crippen LogP contribution >= 0.6 is 0 Å². The summed E-state index contributed by atoms with van der Waals surface area (Å²) in [5.74, 6) is 1.78. The van der Waals surface area contributed by atoms with Crippen molar-refractivity contribution in [1.29, 1.82) is 0 Å². The van der Waals surface area contributed by atoms with Crippen LogP contribution in [0.4, 0.5) is 0 Å². The van der Waals surface area contributed by atoms with Crippen molar-refractivity contribution in [2.24, 2.45) is 5.92 Å². The zero-order chi connectivity index (χ0) is 13.6. The van der Waals surface area contributed by atoms with Crippen molar-refractivity contribution in [3.63, 3.8) is 0 Å². The Morgan fingerprint density at radius 2 is 1.74 bits per heavy atom. The molecule has 0 N–H and O–H groups in total. The van der Waals surface area contributed by atoms with E-state index in [1.807, 2.05) is 0 Å². The maximum atomic E-state index is 2.40. The lowest BCUT2D eigenvalue weighted by atomic mass is 9.78. The molecule has 1 atom stereocenters. The molecular formula is C19H22. The lowest BCUT2D eigenvalue weighted by Crippen LogP contribution is -2.09. The van der Waals surface area contributed by atoms with Crippen molar-refractivity contribution >= 4 is 16.8 Å². The molecule has 0 radical (unpaired) electrons. The van der Waals surface area contributed by atoms with E-state index < -0.39 is 0 Å². The Balaban J connectivity index is 2.35. The molecule has 3 rings (SSSR count). The van der Waals surface area contributed by atoms with Gasteiger partial charge in [-0.25, -0.2) is 0 Å². The average molecular weight is 250 g/mol. The van der Waals surface area contributed by atoms with Gasteiger partial charge in [0.2, 0.25) is 0 Å². The highest BCUT2D eigenvalue weighted by atomic mass is 14.3. The SMILES string of the molecule is CC(C)c1ccc2cccc3c2c1C=CC3C(C)C. The Hall–Kier alpha value is -1.56. The van der Waals surface area contributed by atoms with Crippen LogP contribution in [0.25, 0.3) is 16.8 Å². The number of benzene rings is 2. The molecule has 1 aliphatic carbocycles. The van der Waals surface area contributed by atoms with Gasteiger partial charge >= 0.3 is 0 Å². The minimum Gasteiger partial charge on any atom is -0.0761 e. The molecule has 98 valence electrons. The molecule has 0 aromatic heterocycles. The van der Waals surface area contributed by atoms with Gasteiger partial charge in [-0.2, -0.15) is 0 Å². The van der Waals surface area contributed by atoms with E-state index in [4.69, 9.17) is 0 Å². The summed E-state index contributed by atoms with van der Waals surface area (Å²) >= 11 is 0. The van der Waals surface area contributed by atoms with E-state index >= 15 is 0 Å². The normalized spacial score (nSPS) is 17.7. The largest absolute Gasteiger partial charge is 0.0761 e. The van der Waals surface area contributed by atoms with E-state index in [0.29, 0.717) is 17.8 Å². The summed E-state index contributed by atoms with van der Waals surface area (Å²) in [5, 5.41) is 2.86. The van der Waals surface area contributed by atoms with Crippen molar-refractivity contribution in [3.8, 4) is 0 Å². The average Bonchev–Trinajstić information content (AvgIpc) is 2.39. The van der Waals surface area contributed by atoms with Crippen LogP contribution in [0.15, 0.2) is 36.4 Å². The van der Waals surface area contributed by atoms with Crippen molar-refractivity contribution in [2.75, 3.05) is 0 Å². The highest BCUT2D eigenvalue weighted by molar-refractivity contribution is 5.97. The van der Waals surface area contributed by atoms with Gasteiger partial charge in [-0.3, -0.25) is 0 Å². The highest BCUT2D eigenvalue weighted by Crippen LogP contribution is 2.40. The second-order valence-corrected chi connectivity index (χ2v) is 6.30. The number of hydrogen-bond donors (Lipinski definition) is 0.